The van der Waals surface area contributed by atoms with Crippen LogP contribution < -0.4 is 10.1 Å². The zero-order valence-electron chi connectivity index (χ0n) is 12.0. The molecule has 1 fully saturated rings. The van der Waals surface area contributed by atoms with E-state index in [2.05, 4.69) is 5.32 Å². The van der Waals surface area contributed by atoms with Crippen molar-refractivity contribution in [2.24, 2.45) is 0 Å². The average Bonchev–Trinajstić information content (AvgIpc) is 3.04. The average molecular weight is 286 g/mol. The fraction of sp³-hybridized carbons (Fsp3) is 0.375. The molecule has 1 heterocycles. The van der Waals surface area contributed by atoms with E-state index >= 15 is 0 Å². The van der Waals surface area contributed by atoms with Crippen LogP contribution in [0.15, 0.2) is 29.8 Å². The first-order chi connectivity index (χ1) is 10.2. The van der Waals surface area contributed by atoms with Gasteiger partial charge in [0.05, 0.1) is 13.2 Å². The minimum absolute atomic E-state index is 0.0647. The molecule has 1 aliphatic heterocycles. The van der Waals surface area contributed by atoms with Gasteiger partial charge in [0.15, 0.2) is 0 Å². The van der Waals surface area contributed by atoms with Crippen LogP contribution in [-0.4, -0.2) is 32.3 Å². The second-order valence-electron chi connectivity index (χ2n) is 4.79. The number of carbonyl (C=O) groups excluding carboxylic acids is 1. The molecule has 1 unspecified atom stereocenters. The monoisotopic (exact) mass is 286 g/mol. The summed E-state index contributed by atoms with van der Waals surface area (Å²) >= 11 is 0. The Morgan fingerprint density at radius 1 is 1.52 bits per heavy atom. The number of benzene rings is 1. The van der Waals surface area contributed by atoms with Gasteiger partial charge in [-0.15, -0.1) is 0 Å². The Bertz CT molecular complexity index is 552. The molecule has 1 aliphatic rings. The van der Waals surface area contributed by atoms with Gasteiger partial charge >= 0.3 is 0 Å². The molecule has 0 bridgehead atoms. The molecule has 0 radical (unpaired) electrons. The molecule has 2 rings (SSSR count). The number of nitriles is 1. The van der Waals surface area contributed by atoms with Gasteiger partial charge in [-0.1, -0.05) is 12.1 Å². The first-order valence-corrected chi connectivity index (χ1v) is 6.88. The molecule has 0 saturated carbocycles. The molecule has 0 aliphatic carbocycles. The number of nitrogens with zero attached hydrogens (tertiary/aromatic N) is 1. The number of nitrogens with one attached hydrogen (secondary N) is 1. The minimum atomic E-state index is -0.371. The number of ether oxygens (including phenoxy) is 2. The molecule has 1 atom stereocenters. The van der Waals surface area contributed by atoms with Crippen molar-refractivity contribution in [1.82, 2.24) is 5.32 Å². The number of rotatable bonds is 5. The van der Waals surface area contributed by atoms with Crippen LogP contribution in [0.1, 0.15) is 18.4 Å². The van der Waals surface area contributed by atoms with Crippen LogP contribution in [0.4, 0.5) is 0 Å². The number of hydrogen-bond acceptors (Lipinski definition) is 4. The topological polar surface area (TPSA) is 71.3 Å². The van der Waals surface area contributed by atoms with Crippen molar-refractivity contribution in [1.29, 1.82) is 5.26 Å². The van der Waals surface area contributed by atoms with E-state index in [-0.39, 0.29) is 17.6 Å². The third-order valence-corrected chi connectivity index (χ3v) is 3.31. The lowest BCUT2D eigenvalue weighted by molar-refractivity contribution is -0.117. The number of amides is 1. The predicted molar refractivity (Wildman–Crippen MR) is 78.6 cm³/mol. The van der Waals surface area contributed by atoms with Gasteiger partial charge in [-0.25, -0.2) is 0 Å². The van der Waals surface area contributed by atoms with Gasteiger partial charge in [0.2, 0.25) is 0 Å². The van der Waals surface area contributed by atoms with E-state index in [1.165, 1.54) is 0 Å². The van der Waals surface area contributed by atoms with Crippen LogP contribution in [0.5, 0.6) is 5.75 Å². The summed E-state index contributed by atoms with van der Waals surface area (Å²) in [4.78, 5) is 12.0. The second-order valence-corrected chi connectivity index (χ2v) is 4.79. The third kappa shape index (κ3) is 4.33. The molecule has 1 aromatic carbocycles. The van der Waals surface area contributed by atoms with Crippen LogP contribution in [-0.2, 0) is 9.53 Å². The molecule has 5 heteroatoms. The van der Waals surface area contributed by atoms with Gasteiger partial charge in [0.25, 0.3) is 5.91 Å². The fourth-order valence-corrected chi connectivity index (χ4v) is 2.12. The smallest absolute Gasteiger partial charge is 0.262 e. The van der Waals surface area contributed by atoms with Gasteiger partial charge in [-0.2, -0.15) is 5.26 Å². The Morgan fingerprint density at radius 2 is 2.29 bits per heavy atom. The predicted octanol–water partition coefficient (Wildman–Crippen LogP) is 1.90. The number of methoxy groups -OCH3 is 1. The van der Waals surface area contributed by atoms with E-state index in [0.29, 0.717) is 6.54 Å². The van der Waals surface area contributed by atoms with Crippen LogP contribution in [0, 0.1) is 11.3 Å². The summed E-state index contributed by atoms with van der Waals surface area (Å²) in [6, 6.07) is 9.09. The highest BCUT2D eigenvalue weighted by Crippen LogP contribution is 2.14. The Morgan fingerprint density at radius 3 is 2.86 bits per heavy atom. The van der Waals surface area contributed by atoms with Crippen molar-refractivity contribution in [3.63, 3.8) is 0 Å². The SMILES string of the molecule is COc1ccc(C=C(C#N)C(=O)NCC2CCCO2)cc1. The van der Waals surface area contributed by atoms with E-state index < -0.39 is 0 Å². The molecule has 5 nitrogen and oxygen atoms in total. The highest BCUT2D eigenvalue weighted by molar-refractivity contribution is 6.01. The summed E-state index contributed by atoms with van der Waals surface area (Å²) < 4.78 is 10.5. The van der Waals surface area contributed by atoms with Crippen LogP contribution >= 0.6 is 0 Å². The van der Waals surface area contributed by atoms with E-state index in [9.17, 15) is 4.79 Å². The first-order valence-electron chi connectivity index (χ1n) is 6.88. The normalized spacial score (nSPS) is 18.1. The van der Waals surface area contributed by atoms with Crippen molar-refractivity contribution in [2.45, 2.75) is 18.9 Å². The van der Waals surface area contributed by atoms with Gasteiger partial charge in [0.1, 0.15) is 17.4 Å². The lowest BCUT2D eigenvalue weighted by Gasteiger charge is -2.10. The van der Waals surface area contributed by atoms with Gasteiger partial charge in [-0.05, 0) is 36.6 Å². The van der Waals surface area contributed by atoms with Gasteiger partial charge < -0.3 is 14.8 Å². The second kappa shape index (κ2) is 7.46. The summed E-state index contributed by atoms with van der Waals surface area (Å²) in [5, 5.41) is 11.9. The van der Waals surface area contributed by atoms with Crippen molar-refractivity contribution in [3.05, 3.63) is 35.4 Å². The van der Waals surface area contributed by atoms with Crippen LogP contribution in [0.25, 0.3) is 6.08 Å². The lowest BCUT2D eigenvalue weighted by Crippen LogP contribution is -2.32. The van der Waals surface area contributed by atoms with E-state index in [0.717, 1.165) is 30.8 Å². The molecular weight excluding hydrogens is 268 g/mol. The molecule has 1 saturated heterocycles. The zero-order chi connectivity index (χ0) is 15.1. The van der Waals surface area contributed by atoms with E-state index in [1.54, 1.807) is 37.5 Å². The summed E-state index contributed by atoms with van der Waals surface area (Å²) in [6.07, 6.45) is 3.59. The van der Waals surface area contributed by atoms with E-state index in [4.69, 9.17) is 14.7 Å². The highest BCUT2D eigenvalue weighted by Gasteiger charge is 2.17. The number of carbonyl (C=O) groups is 1. The molecule has 21 heavy (non-hydrogen) atoms. The largest absolute Gasteiger partial charge is 0.497 e. The molecule has 0 aromatic heterocycles. The quantitative estimate of drug-likeness (QED) is 0.663. The number of hydrogen-bond donors (Lipinski definition) is 1. The van der Waals surface area contributed by atoms with Crippen molar-refractivity contribution in [3.8, 4) is 11.8 Å². The molecule has 1 amide bonds. The maximum Gasteiger partial charge on any atom is 0.262 e. The van der Waals surface area contributed by atoms with E-state index in [1.807, 2.05) is 6.07 Å². The summed E-state index contributed by atoms with van der Waals surface area (Å²) in [5.41, 5.74) is 0.859. The molecule has 1 N–H and O–H groups in total. The Kier molecular flexibility index (Phi) is 5.35. The van der Waals surface area contributed by atoms with Gasteiger partial charge in [0, 0.05) is 13.2 Å². The molecule has 110 valence electrons. The fourth-order valence-electron chi connectivity index (χ4n) is 2.12. The first kappa shape index (κ1) is 15.1. The summed E-state index contributed by atoms with van der Waals surface area (Å²) in [5.74, 6) is 0.359. The van der Waals surface area contributed by atoms with Gasteiger partial charge in [-0.3, -0.25) is 4.79 Å². The highest BCUT2D eigenvalue weighted by atomic mass is 16.5. The Labute approximate surface area is 124 Å². The minimum Gasteiger partial charge on any atom is -0.497 e. The Balaban J connectivity index is 1.98. The molecular formula is C16H18N2O3. The third-order valence-electron chi connectivity index (χ3n) is 3.31. The van der Waals surface area contributed by atoms with Crippen molar-refractivity contribution >= 4 is 12.0 Å². The van der Waals surface area contributed by atoms with Crippen LogP contribution in [0.2, 0.25) is 0 Å². The summed E-state index contributed by atoms with van der Waals surface area (Å²) in [6.45, 7) is 1.19. The lowest BCUT2D eigenvalue weighted by atomic mass is 10.1. The van der Waals surface area contributed by atoms with Crippen LogP contribution in [0.3, 0.4) is 0 Å². The standard InChI is InChI=1S/C16H18N2O3/c1-20-14-6-4-12(5-7-14)9-13(10-17)16(19)18-11-15-3-2-8-21-15/h4-7,9,15H,2-3,8,11H2,1H3,(H,18,19). The Hall–Kier alpha value is -2.32. The summed E-state index contributed by atoms with van der Waals surface area (Å²) in [7, 11) is 1.59. The molecule has 1 aromatic rings. The maximum absolute atomic E-state index is 12.0. The zero-order valence-corrected chi connectivity index (χ0v) is 12.0. The maximum atomic E-state index is 12.0. The molecule has 0 spiro atoms. The van der Waals surface area contributed by atoms with Crippen molar-refractivity contribution in [2.75, 3.05) is 20.3 Å². The van der Waals surface area contributed by atoms with Crippen molar-refractivity contribution < 1.29 is 14.3 Å².